The van der Waals surface area contributed by atoms with E-state index in [1.54, 1.807) is 19.4 Å². The zero-order chi connectivity index (χ0) is 12.3. The summed E-state index contributed by atoms with van der Waals surface area (Å²) in [6.07, 6.45) is 3.10. The maximum absolute atomic E-state index is 11.9. The first-order valence-corrected chi connectivity index (χ1v) is 5.02. The molecule has 0 saturated carbocycles. The number of aromatic nitrogens is 2. The fourth-order valence-corrected chi connectivity index (χ4v) is 1.50. The van der Waals surface area contributed by atoms with Crippen LogP contribution in [0.5, 0.6) is 11.6 Å². The Bertz CT molecular complexity index is 578. The normalized spacial score (nSPS) is 10.0. The molecular formula is C12H12N2O3. The van der Waals surface area contributed by atoms with E-state index in [1.165, 1.54) is 17.9 Å². The molecule has 0 aliphatic rings. The lowest BCUT2D eigenvalue weighted by Gasteiger charge is -2.08. The van der Waals surface area contributed by atoms with Crippen LogP contribution in [0.4, 0.5) is 0 Å². The molecule has 0 saturated heterocycles. The van der Waals surface area contributed by atoms with Crippen LogP contribution >= 0.6 is 0 Å². The summed E-state index contributed by atoms with van der Waals surface area (Å²) in [6, 6.07) is 7.20. The zero-order valence-corrected chi connectivity index (χ0v) is 9.58. The van der Waals surface area contributed by atoms with E-state index >= 15 is 0 Å². The molecule has 88 valence electrons. The predicted octanol–water partition coefficient (Wildman–Crippen LogP) is 1.25. The first kappa shape index (κ1) is 11.2. The van der Waals surface area contributed by atoms with Gasteiger partial charge in [0, 0.05) is 18.5 Å². The molecule has 2 rings (SSSR count). The molecule has 0 fully saturated rings. The molecule has 0 aliphatic carbocycles. The van der Waals surface area contributed by atoms with Crippen LogP contribution in [-0.2, 0) is 0 Å². The Hall–Kier alpha value is -2.30. The van der Waals surface area contributed by atoms with Crippen molar-refractivity contribution in [3.8, 4) is 17.3 Å². The van der Waals surface area contributed by atoms with Gasteiger partial charge in [0.15, 0.2) is 0 Å². The Balaban J connectivity index is 2.56. The van der Waals surface area contributed by atoms with Crippen molar-refractivity contribution < 1.29 is 9.47 Å². The third-order valence-corrected chi connectivity index (χ3v) is 2.33. The number of methoxy groups -OCH3 is 2. The lowest BCUT2D eigenvalue weighted by Crippen LogP contribution is -2.20. The minimum absolute atomic E-state index is 0.0651. The molecule has 0 amide bonds. The summed E-state index contributed by atoms with van der Waals surface area (Å²) in [6.45, 7) is 0. The van der Waals surface area contributed by atoms with Gasteiger partial charge >= 0.3 is 5.56 Å². The van der Waals surface area contributed by atoms with Gasteiger partial charge in [0.05, 0.1) is 19.9 Å². The van der Waals surface area contributed by atoms with Crippen molar-refractivity contribution >= 4 is 0 Å². The minimum atomic E-state index is -0.303. The highest BCUT2D eigenvalue weighted by Crippen LogP contribution is 2.15. The number of ether oxygens (including phenoxy) is 2. The molecule has 5 heteroatoms. The first-order chi connectivity index (χ1) is 8.26. The largest absolute Gasteiger partial charge is 0.497 e. The van der Waals surface area contributed by atoms with Crippen LogP contribution in [0, 0.1) is 0 Å². The molecule has 2 aromatic rings. The Labute approximate surface area is 98.3 Å². The van der Waals surface area contributed by atoms with E-state index in [0.717, 1.165) is 0 Å². The van der Waals surface area contributed by atoms with Crippen molar-refractivity contribution in [3.63, 3.8) is 0 Å². The standard InChI is InChI=1S/C12H12N2O3/c1-16-10-5-3-4-9(8-10)14-7-6-13-11(17-2)12(14)15/h3-8H,1-2H3. The van der Waals surface area contributed by atoms with Crippen molar-refractivity contribution in [2.45, 2.75) is 0 Å². The molecule has 0 bridgehead atoms. The summed E-state index contributed by atoms with van der Waals surface area (Å²) < 4.78 is 11.5. The SMILES string of the molecule is COc1cccc(-n2ccnc(OC)c2=O)c1. The van der Waals surface area contributed by atoms with E-state index in [4.69, 9.17) is 9.47 Å². The highest BCUT2D eigenvalue weighted by molar-refractivity contribution is 5.39. The quantitative estimate of drug-likeness (QED) is 0.799. The van der Waals surface area contributed by atoms with Crippen LogP contribution < -0.4 is 15.0 Å². The van der Waals surface area contributed by atoms with E-state index in [9.17, 15) is 4.79 Å². The number of nitrogens with zero attached hydrogens (tertiary/aromatic N) is 2. The predicted molar refractivity (Wildman–Crippen MR) is 62.9 cm³/mol. The molecule has 0 aliphatic heterocycles. The highest BCUT2D eigenvalue weighted by atomic mass is 16.5. The van der Waals surface area contributed by atoms with Gasteiger partial charge in [-0.1, -0.05) is 6.07 Å². The number of hydrogen-bond donors (Lipinski definition) is 0. The third kappa shape index (κ3) is 2.13. The van der Waals surface area contributed by atoms with Crippen molar-refractivity contribution in [2.75, 3.05) is 14.2 Å². The summed E-state index contributed by atoms with van der Waals surface area (Å²) in [7, 11) is 2.99. The fraction of sp³-hybridized carbons (Fsp3) is 0.167. The molecule has 17 heavy (non-hydrogen) atoms. The molecule has 0 unspecified atom stereocenters. The molecule has 0 spiro atoms. The van der Waals surface area contributed by atoms with Gasteiger partial charge in [-0.25, -0.2) is 4.98 Å². The van der Waals surface area contributed by atoms with Crippen molar-refractivity contribution in [2.24, 2.45) is 0 Å². The smallest absolute Gasteiger partial charge is 0.317 e. The van der Waals surface area contributed by atoms with E-state index < -0.39 is 0 Å². The van der Waals surface area contributed by atoms with Crippen molar-refractivity contribution in [1.29, 1.82) is 0 Å². The minimum Gasteiger partial charge on any atom is -0.497 e. The average molecular weight is 232 g/mol. The molecule has 1 aromatic carbocycles. The number of rotatable bonds is 3. The molecule has 0 radical (unpaired) electrons. The average Bonchev–Trinajstić information content (AvgIpc) is 2.39. The first-order valence-electron chi connectivity index (χ1n) is 5.02. The van der Waals surface area contributed by atoms with Gasteiger partial charge in [0.1, 0.15) is 5.75 Å². The maximum atomic E-state index is 11.9. The fourth-order valence-electron chi connectivity index (χ4n) is 1.50. The van der Waals surface area contributed by atoms with Crippen molar-refractivity contribution in [3.05, 3.63) is 47.0 Å². The van der Waals surface area contributed by atoms with Crippen LogP contribution in [-0.4, -0.2) is 23.8 Å². The lowest BCUT2D eigenvalue weighted by atomic mass is 10.3. The van der Waals surface area contributed by atoms with Crippen LogP contribution in [0.25, 0.3) is 5.69 Å². The van der Waals surface area contributed by atoms with Gasteiger partial charge in [0.2, 0.25) is 0 Å². The van der Waals surface area contributed by atoms with Gasteiger partial charge in [-0.15, -0.1) is 0 Å². The molecule has 1 aromatic heterocycles. The molecule has 0 atom stereocenters. The van der Waals surface area contributed by atoms with Gasteiger partial charge in [-0.3, -0.25) is 9.36 Å². The number of hydrogen-bond acceptors (Lipinski definition) is 4. The van der Waals surface area contributed by atoms with E-state index in [2.05, 4.69) is 4.98 Å². The summed E-state index contributed by atoms with van der Waals surface area (Å²) in [5.41, 5.74) is 0.401. The lowest BCUT2D eigenvalue weighted by molar-refractivity contribution is 0.388. The molecular weight excluding hydrogens is 220 g/mol. The van der Waals surface area contributed by atoms with E-state index in [-0.39, 0.29) is 11.4 Å². The van der Waals surface area contributed by atoms with Crippen LogP contribution in [0.15, 0.2) is 41.5 Å². The topological polar surface area (TPSA) is 53.4 Å². The van der Waals surface area contributed by atoms with Gasteiger partial charge in [0.25, 0.3) is 5.88 Å². The Morgan fingerprint density at radius 3 is 2.76 bits per heavy atom. The Morgan fingerprint density at radius 2 is 2.06 bits per heavy atom. The summed E-state index contributed by atoms with van der Waals surface area (Å²) in [5.74, 6) is 0.750. The van der Waals surface area contributed by atoms with Crippen LogP contribution in [0.2, 0.25) is 0 Å². The van der Waals surface area contributed by atoms with Gasteiger partial charge in [-0.05, 0) is 12.1 Å². The summed E-state index contributed by atoms with van der Waals surface area (Å²) >= 11 is 0. The Morgan fingerprint density at radius 1 is 1.24 bits per heavy atom. The van der Waals surface area contributed by atoms with Gasteiger partial charge < -0.3 is 9.47 Å². The monoisotopic (exact) mass is 232 g/mol. The van der Waals surface area contributed by atoms with Crippen molar-refractivity contribution in [1.82, 2.24) is 9.55 Å². The molecule has 5 nitrogen and oxygen atoms in total. The summed E-state index contributed by atoms with van der Waals surface area (Å²) in [5, 5.41) is 0. The molecule has 0 N–H and O–H groups in total. The van der Waals surface area contributed by atoms with Crippen LogP contribution in [0.3, 0.4) is 0 Å². The maximum Gasteiger partial charge on any atom is 0.317 e. The van der Waals surface area contributed by atoms with E-state index in [0.29, 0.717) is 11.4 Å². The van der Waals surface area contributed by atoms with Crippen LogP contribution in [0.1, 0.15) is 0 Å². The number of benzene rings is 1. The highest BCUT2D eigenvalue weighted by Gasteiger charge is 2.06. The van der Waals surface area contributed by atoms with E-state index in [1.807, 2.05) is 18.2 Å². The Kier molecular flexibility index (Phi) is 3.09. The second-order valence-corrected chi connectivity index (χ2v) is 3.31. The zero-order valence-electron chi connectivity index (χ0n) is 9.58. The second-order valence-electron chi connectivity index (χ2n) is 3.31. The second kappa shape index (κ2) is 4.69. The third-order valence-electron chi connectivity index (χ3n) is 2.33. The van der Waals surface area contributed by atoms with Gasteiger partial charge in [-0.2, -0.15) is 0 Å². The summed E-state index contributed by atoms with van der Waals surface area (Å²) in [4.78, 5) is 15.8. The molecule has 1 heterocycles.